The van der Waals surface area contributed by atoms with E-state index in [4.69, 9.17) is 0 Å². The molecule has 0 spiro atoms. The Labute approximate surface area is 164 Å². The lowest BCUT2D eigenvalue weighted by Gasteiger charge is -2.31. The van der Waals surface area contributed by atoms with Crippen molar-refractivity contribution >= 4 is 29.3 Å². The average Bonchev–Trinajstić information content (AvgIpc) is 2.69. The summed E-state index contributed by atoms with van der Waals surface area (Å²) in [6, 6.07) is 13.2. The van der Waals surface area contributed by atoms with Crippen molar-refractivity contribution in [3.8, 4) is 0 Å². The molecule has 2 aromatic rings. The van der Waals surface area contributed by atoms with E-state index in [9.17, 15) is 9.59 Å². The van der Waals surface area contributed by atoms with Crippen molar-refractivity contribution in [3.05, 3.63) is 54.4 Å². The molecule has 1 aliphatic heterocycles. The summed E-state index contributed by atoms with van der Waals surface area (Å²) >= 11 is 1.74. The van der Waals surface area contributed by atoms with Crippen LogP contribution in [0, 0.1) is 5.92 Å². The van der Waals surface area contributed by atoms with Crippen LogP contribution in [0.5, 0.6) is 0 Å². The Morgan fingerprint density at radius 1 is 1.11 bits per heavy atom. The van der Waals surface area contributed by atoms with E-state index in [1.165, 1.54) is 0 Å². The number of hydrogen-bond acceptors (Lipinski definition) is 4. The number of rotatable bonds is 5. The van der Waals surface area contributed by atoms with Gasteiger partial charge < -0.3 is 10.2 Å². The molecule has 1 N–H and O–H groups in total. The molecule has 6 heteroatoms. The number of anilines is 1. The van der Waals surface area contributed by atoms with E-state index in [0.717, 1.165) is 10.6 Å². The highest BCUT2D eigenvalue weighted by Gasteiger charge is 2.28. The highest BCUT2D eigenvalue weighted by molar-refractivity contribution is 8.00. The minimum Gasteiger partial charge on any atom is -0.337 e. The minimum atomic E-state index is -0.0742. The Bertz CT molecular complexity index is 787. The lowest BCUT2D eigenvalue weighted by molar-refractivity contribution is -0.121. The molecule has 1 fully saturated rings. The van der Waals surface area contributed by atoms with E-state index >= 15 is 0 Å². The third kappa shape index (κ3) is 5.10. The Balaban J connectivity index is 1.57. The molecule has 0 bridgehead atoms. The van der Waals surface area contributed by atoms with Gasteiger partial charge in [0.2, 0.25) is 5.91 Å². The zero-order chi connectivity index (χ0) is 19.2. The van der Waals surface area contributed by atoms with Crippen LogP contribution >= 0.6 is 11.8 Å². The number of carbonyl (C=O) groups excluding carboxylic acids is 2. The third-order valence-electron chi connectivity index (χ3n) is 4.54. The van der Waals surface area contributed by atoms with Crippen molar-refractivity contribution in [1.29, 1.82) is 0 Å². The van der Waals surface area contributed by atoms with Crippen molar-refractivity contribution in [3.63, 3.8) is 0 Å². The quantitative estimate of drug-likeness (QED) is 0.791. The summed E-state index contributed by atoms with van der Waals surface area (Å²) < 4.78 is 0. The summed E-state index contributed by atoms with van der Waals surface area (Å²) in [7, 11) is 0. The number of carbonyl (C=O) groups is 2. The second-order valence-corrected chi connectivity index (χ2v) is 8.55. The number of aromatic nitrogens is 1. The fourth-order valence-electron chi connectivity index (χ4n) is 3.16. The number of benzene rings is 1. The van der Waals surface area contributed by atoms with Gasteiger partial charge in [-0.1, -0.05) is 32.0 Å². The summed E-state index contributed by atoms with van der Waals surface area (Å²) in [6.45, 7) is 5.43. The second kappa shape index (κ2) is 9.04. The van der Waals surface area contributed by atoms with Crippen molar-refractivity contribution in [2.24, 2.45) is 5.92 Å². The van der Waals surface area contributed by atoms with Crippen LogP contribution < -0.4 is 5.32 Å². The zero-order valence-corrected chi connectivity index (χ0v) is 16.5. The molecule has 142 valence electrons. The number of thioether (sulfide) groups is 1. The SMILES string of the molecule is CC(C)Sc1ccccc1NC(=O)C1CCN(C(=O)c2ccccn2)CC1. The highest BCUT2D eigenvalue weighted by atomic mass is 32.2. The number of likely N-dealkylation sites (tertiary alicyclic amines) is 1. The van der Waals surface area contributed by atoms with Crippen molar-refractivity contribution in [2.75, 3.05) is 18.4 Å². The largest absolute Gasteiger partial charge is 0.337 e. The number of nitrogens with zero attached hydrogens (tertiary/aromatic N) is 2. The number of amides is 2. The molecule has 27 heavy (non-hydrogen) atoms. The number of hydrogen-bond donors (Lipinski definition) is 1. The summed E-state index contributed by atoms with van der Waals surface area (Å²) in [5, 5.41) is 3.53. The molecule has 0 atom stereocenters. The minimum absolute atomic E-state index is 0.0386. The van der Waals surface area contributed by atoms with E-state index in [0.29, 0.717) is 36.9 Å². The number of piperidine rings is 1. The van der Waals surface area contributed by atoms with E-state index in [1.54, 1.807) is 35.0 Å². The van der Waals surface area contributed by atoms with Crippen molar-refractivity contribution < 1.29 is 9.59 Å². The van der Waals surface area contributed by atoms with Crippen LogP contribution in [0.2, 0.25) is 0 Å². The lowest BCUT2D eigenvalue weighted by atomic mass is 9.95. The van der Waals surface area contributed by atoms with Gasteiger partial charge in [0.25, 0.3) is 5.91 Å². The van der Waals surface area contributed by atoms with Crippen LogP contribution in [0.1, 0.15) is 37.2 Å². The first-order chi connectivity index (χ1) is 13.0. The molecule has 1 aromatic carbocycles. The fourth-order valence-corrected chi connectivity index (χ4v) is 4.07. The van der Waals surface area contributed by atoms with Gasteiger partial charge in [0.15, 0.2) is 0 Å². The van der Waals surface area contributed by atoms with Gasteiger partial charge in [-0.2, -0.15) is 0 Å². The Morgan fingerprint density at radius 3 is 2.48 bits per heavy atom. The Morgan fingerprint density at radius 2 is 1.81 bits per heavy atom. The van der Waals surface area contributed by atoms with Gasteiger partial charge in [-0.25, -0.2) is 0 Å². The van der Waals surface area contributed by atoms with Gasteiger partial charge in [0, 0.05) is 35.3 Å². The first-order valence-electron chi connectivity index (χ1n) is 9.31. The summed E-state index contributed by atoms with van der Waals surface area (Å²) in [5.41, 5.74) is 1.33. The van der Waals surface area contributed by atoms with Gasteiger partial charge in [-0.15, -0.1) is 11.8 Å². The number of para-hydroxylation sites is 1. The molecule has 1 aliphatic rings. The predicted octanol–water partition coefficient (Wildman–Crippen LogP) is 4.07. The second-order valence-electron chi connectivity index (χ2n) is 6.93. The molecule has 1 aromatic heterocycles. The molecule has 3 rings (SSSR count). The summed E-state index contributed by atoms with van der Waals surface area (Å²) in [4.78, 5) is 32.2. The van der Waals surface area contributed by atoms with Crippen LogP contribution in [-0.4, -0.2) is 40.0 Å². The standard InChI is InChI=1S/C21H25N3O2S/c1-15(2)27-19-9-4-3-7-17(19)23-20(25)16-10-13-24(14-11-16)21(26)18-8-5-6-12-22-18/h3-9,12,15-16H,10-11,13-14H2,1-2H3,(H,23,25). The van der Waals surface area contributed by atoms with Crippen molar-refractivity contribution in [2.45, 2.75) is 36.8 Å². The van der Waals surface area contributed by atoms with Gasteiger partial charge in [0.05, 0.1) is 5.69 Å². The molecule has 0 unspecified atom stereocenters. The van der Waals surface area contributed by atoms with E-state index < -0.39 is 0 Å². The molecule has 5 nitrogen and oxygen atoms in total. The fraction of sp³-hybridized carbons (Fsp3) is 0.381. The maximum atomic E-state index is 12.7. The molecule has 0 radical (unpaired) electrons. The highest BCUT2D eigenvalue weighted by Crippen LogP contribution is 2.31. The maximum absolute atomic E-state index is 12.7. The first-order valence-corrected chi connectivity index (χ1v) is 10.2. The van der Waals surface area contributed by atoms with Crippen LogP contribution in [0.15, 0.2) is 53.6 Å². The van der Waals surface area contributed by atoms with Gasteiger partial charge in [-0.05, 0) is 37.1 Å². The Hall–Kier alpha value is -2.34. The lowest BCUT2D eigenvalue weighted by Crippen LogP contribution is -2.41. The van der Waals surface area contributed by atoms with Crippen molar-refractivity contribution in [1.82, 2.24) is 9.88 Å². The average molecular weight is 384 g/mol. The normalized spacial score (nSPS) is 15.0. The van der Waals surface area contributed by atoms with Gasteiger partial charge in [-0.3, -0.25) is 14.6 Å². The van der Waals surface area contributed by atoms with E-state index in [2.05, 4.69) is 24.1 Å². The molecule has 0 saturated carbocycles. The monoisotopic (exact) mass is 383 g/mol. The topological polar surface area (TPSA) is 62.3 Å². The molecule has 2 heterocycles. The molecular weight excluding hydrogens is 358 g/mol. The van der Waals surface area contributed by atoms with Crippen LogP contribution in [0.25, 0.3) is 0 Å². The van der Waals surface area contributed by atoms with E-state index in [-0.39, 0.29) is 17.7 Å². The van der Waals surface area contributed by atoms with Crippen LogP contribution in [-0.2, 0) is 4.79 Å². The van der Waals surface area contributed by atoms with Crippen LogP contribution in [0.4, 0.5) is 5.69 Å². The molecular formula is C21H25N3O2S. The Kier molecular flexibility index (Phi) is 6.50. The van der Waals surface area contributed by atoms with Crippen LogP contribution in [0.3, 0.4) is 0 Å². The molecule has 0 aliphatic carbocycles. The predicted molar refractivity (Wildman–Crippen MR) is 109 cm³/mol. The smallest absolute Gasteiger partial charge is 0.272 e. The zero-order valence-electron chi connectivity index (χ0n) is 15.7. The number of nitrogens with one attached hydrogen (secondary N) is 1. The molecule has 1 saturated heterocycles. The number of pyridine rings is 1. The molecule has 2 amide bonds. The summed E-state index contributed by atoms with van der Waals surface area (Å²) in [6.07, 6.45) is 2.97. The maximum Gasteiger partial charge on any atom is 0.272 e. The van der Waals surface area contributed by atoms with E-state index in [1.807, 2.05) is 30.3 Å². The summed E-state index contributed by atoms with van der Waals surface area (Å²) in [5.74, 6) is -0.0974. The first kappa shape index (κ1) is 19.4. The third-order valence-corrected chi connectivity index (χ3v) is 5.63. The van der Waals surface area contributed by atoms with Gasteiger partial charge >= 0.3 is 0 Å². The van der Waals surface area contributed by atoms with Gasteiger partial charge in [0.1, 0.15) is 5.69 Å².